The van der Waals surface area contributed by atoms with E-state index >= 15 is 0 Å². The van der Waals surface area contributed by atoms with E-state index < -0.39 is 0 Å². The zero-order valence-corrected chi connectivity index (χ0v) is 12.7. The third-order valence-electron chi connectivity index (χ3n) is 4.59. The van der Waals surface area contributed by atoms with Crippen LogP contribution in [-0.4, -0.2) is 18.0 Å². The molecule has 1 fully saturated rings. The monoisotopic (exact) mass is 278 g/mol. The molecule has 1 aromatic carbocycles. The number of hydrogen-bond donors (Lipinski definition) is 1. The van der Waals surface area contributed by atoms with Gasteiger partial charge in [-0.3, -0.25) is 4.90 Å². The van der Waals surface area contributed by atoms with Crippen LogP contribution in [0.15, 0.2) is 18.2 Å². The van der Waals surface area contributed by atoms with Gasteiger partial charge in [-0.1, -0.05) is 19.9 Å². The molecule has 3 heteroatoms. The quantitative estimate of drug-likeness (QED) is 0.912. The largest absolute Gasteiger partial charge is 0.326 e. The van der Waals surface area contributed by atoms with E-state index in [0.717, 1.165) is 37.0 Å². The molecule has 0 aliphatic carbocycles. The number of halogens is 1. The van der Waals surface area contributed by atoms with Gasteiger partial charge in [0.15, 0.2) is 0 Å². The lowest BCUT2D eigenvalue weighted by Crippen LogP contribution is -2.25. The molecular formula is C17H27FN2. The first-order valence-corrected chi connectivity index (χ1v) is 7.80. The third kappa shape index (κ3) is 4.03. The fourth-order valence-corrected chi connectivity index (χ4v) is 3.19. The first-order valence-electron chi connectivity index (χ1n) is 7.80. The Bertz CT molecular complexity index is 431. The summed E-state index contributed by atoms with van der Waals surface area (Å²) in [5.41, 5.74) is 7.85. The van der Waals surface area contributed by atoms with Gasteiger partial charge in [-0.25, -0.2) is 4.39 Å². The second-order valence-electron chi connectivity index (χ2n) is 6.33. The molecule has 0 spiro atoms. The molecule has 1 aromatic rings. The van der Waals surface area contributed by atoms with Crippen LogP contribution in [0.3, 0.4) is 0 Å². The number of benzene rings is 1. The predicted molar refractivity (Wildman–Crippen MR) is 81.7 cm³/mol. The number of nitrogens with two attached hydrogens (primary N) is 1. The van der Waals surface area contributed by atoms with Crippen molar-refractivity contribution < 1.29 is 4.39 Å². The molecule has 0 radical (unpaired) electrons. The molecule has 1 heterocycles. The maximum atomic E-state index is 13.2. The van der Waals surface area contributed by atoms with Crippen LogP contribution in [0.4, 0.5) is 4.39 Å². The summed E-state index contributed by atoms with van der Waals surface area (Å²) in [4.78, 5) is 2.49. The van der Waals surface area contributed by atoms with Crippen LogP contribution in [-0.2, 0) is 13.1 Å². The molecule has 2 nitrogen and oxygen atoms in total. The van der Waals surface area contributed by atoms with Gasteiger partial charge in [-0.05, 0) is 67.4 Å². The number of rotatable bonds is 4. The smallest absolute Gasteiger partial charge is 0.123 e. The van der Waals surface area contributed by atoms with E-state index in [1.165, 1.54) is 24.8 Å². The average molecular weight is 278 g/mol. The molecule has 0 aromatic heterocycles. The van der Waals surface area contributed by atoms with E-state index in [1.54, 1.807) is 12.1 Å². The molecule has 0 bridgehead atoms. The Hall–Kier alpha value is -0.930. The van der Waals surface area contributed by atoms with E-state index in [-0.39, 0.29) is 5.82 Å². The van der Waals surface area contributed by atoms with Crippen molar-refractivity contribution in [3.8, 4) is 0 Å². The van der Waals surface area contributed by atoms with Crippen LogP contribution in [0.5, 0.6) is 0 Å². The van der Waals surface area contributed by atoms with Gasteiger partial charge in [0.2, 0.25) is 0 Å². The van der Waals surface area contributed by atoms with E-state index in [0.29, 0.717) is 6.54 Å². The van der Waals surface area contributed by atoms with Gasteiger partial charge >= 0.3 is 0 Å². The summed E-state index contributed by atoms with van der Waals surface area (Å²) in [6.07, 6.45) is 3.88. The van der Waals surface area contributed by atoms with E-state index in [9.17, 15) is 4.39 Å². The lowest BCUT2D eigenvalue weighted by molar-refractivity contribution is 0.264. The summed E-state index contributed by atoms with van der Waals surface area (Å²) in [6.45, 7) is 8.25. The van der Waals surface area contributed by atoms with E-state index in [1.807, 2.05) is 6.07 Å². The van der Waals surface area contributed by atoms with Gasteiger partial charge < -0.3 is 5.73 Å². The highest BCUT2D eigenvalue weighted by molar-refractivity contribution is 5.27. The number of hydrogen-bond acceptors (Lipinski definition) is 2. The average Bonchev–Trinajstić information content (AvgIpc) is 2.66. The maximum absolute atomic E-state index is 13.2. The molecule has 1 atom stereocenters. The van der Waals surface area contributed by atoms with Crippen molar-refractivity contribution in [3.05, 3.63) is 35.1 Å². The number of likely N-dealkylation sites (tertiary alicyclic amines) is 1. The Morgan fingerprint density at radius 2 is 2.05 bits per heavy atom. The molecule has 2 N–H and O–H groups in total. The molecule has 1 unspecified atom stereocenters. The van der Waals surface area contributed by atoms with E-state index in [4.69, 9.17) is 5.73 Å². The lowest BCUT2D eigenvalue weighted by Gasteiger charge is -2.22. The van der Waals surface area contributed by atoms with Gasteiger partial charge in [0.25, 0.3) is 0 Å². The summed E-state index contributed by atoms with van der Waals surface area (Å²) in [5.74, 6) is 1.44. The van der Waals surface area contributed by atoms with Gasteiger partial charge in [-0.15, -0.1) is 0 Å². The second-order valence-corrected chi connectivity index (χ2v) is 6.33. The van der Waals surface area contributed by atoms with Gasteiger partial charge in [0.1, 0.15) is 5.82 Å². The molecular weight excluding hydrogens is 251 g/mol. The van der Waals surface area contributed by atoms with Crippen LogP contribution in [0.25, 0.3) is 0 Å². The molecule has 1 aliphatic heterocycles. The topological polar surface area (TPSA) is 29.3 Å². The predicted octanol–water partition coefficient (Wildman–Crippen LogP) is 3.54. The van der Waals surface area contributed by atoms with Gasteiger partial charge in [0, 0.05) is 13.1 Å². The minimum absolute atomic E-state index is 0.190. The fourth-order valence-electron chi connectivity index (χ4n) is 3.19. The van der Waals surface area contributed by atoms with E-state index in [2.05, 4.69) is 18.7 Å². The van der Waals surface area contributed by atoms with Crippen LogP contribution in [0, 0.1) is 17.7 Å². The van der Waals surface area contributed by atoms with Crippen LogP contribution >= 0.6 is 0 Å². The molecule has 2 rings (SSSR count). The summed E-state index contributed by atoms with van der Waals surface area (Å²) >= 11 is 0. The molecule has 1 aliphatic rings. The van der Waals surface area contributed by atoms with Gasteiger partial charge in [-0.2, -0.15) is 0 Å². The Labute approximate surface area is 122 Å². The Morgan fingerprint density at radius 1 is 1.25 bits per heavy atom. The van der Waals surface area contributed by atoms with Crippen molar-refractivity contribution in [1.29, 1.82) is 0 Å². The van der Waals surface area contributed by atoms with Crippen LogP contribution in [0.2, 0.25) is 0 Å². The van der Waals surface area contributed by atoms with Crippen molar-refractivity contribution in [3.63, 3.8) is 0 Å². The first-order chi connectivity index (χ1) is 9.60. The van der Waals surface area contributed by atoms with Crippen LogP contribution in [0.1, 0.15) is 44.2 Å². The van der Waals surface area contributed by atoms with Gasteiger partial charge in [0.05, 0.1) is 0 Å². The Kier molecular flexibility index (Phi) is 5.55. The standard InChI is InChI=1S/C17H27FN2/c1-13(2)14-4-3-8-20(9-7-14)12-15-5-6-17(18)10-16(15)11-19/h5-6,10,13-14H,3-4,7-9,11-12,19H2,1-2H3. The number of nitrogens with zero attached hydrogens (tertiary/aromatic N) is 1. The first kappa shape index (κ1) is 15.5. The van der Waals surface area contributed by atoms with Crippen molar-refractivity contribution >= 4 is 0 Å². The summed E-state index contributed by atoms with van der Waals surface area (Å²) in [5, 5.41) is 0. The highest BCUT2D eigenvalue weighted by Crippen LogP contribution is 2.25. The normalized spacial score (nSPS) is 21.1. The SMILES string of the molecule is CC(C)C1CCCN(Cc2ccc(F)cc2CN)CC1. The van der Waals surface area contributed by atoms with Crippen molar-refractivity contribution in [2.45, 2.75) is 46.2 Å². The molecule has 20 heavy (non-hydrogen) atoms. The van der Waals surface area contributed by atoms with Crippen molar-refractivity contribution in [2.24, 2.45) is 17.6 Å². The molecule has 0 saturated carbocycles. The Morgan fingerprint density at radius 3 is 2.75 bits per heavy atom. The van der Waals surface area contributed by atoms with Crippen LogP contribution < -0.4 is 5.73 Å². The molecule has 0 amide bonds. The zero-order valence-electron chi connectivity index (χ0n) is 12.7. The zero-order chi connectivity index (χ0) is 14.5. The maximum Gasteiger partial charge on any atom is 0.123 e. The lowest BCUT2D eigenvalue weighted by atomic mass is 9.89. The third-order valence-corrected chi connectivity index (χ3v) is 4.59. The molecule has 112 valence electrons. The van der Waals surface area contributed by atoms with Crippen molar-refractivity contribution in [1.82, 2.24) is 4.90 Å². The highest BCUT2D eigenvalue weighted by atomic mass is 19.1. The molecule has 1 saturated heterocycles. The minimum Gasteiger partial charge on any atom is -0.326 e. The second kappa shape index (κ2) is 7.19. The highest BCUT2D eigenvalue weighted by Gasteiger charge is 2.20. The van der Waals surface area contributed by atoms with Crippen molar-refractivity contribution in [2.75, 3.05) is 13.1 Å². The Balaban J connectivity index is 2.00. The summed E-state index contributed by atoms with van der Waals surface area (Å²) in [7, 11) is 0. The fraction of sp³-hybridized carbons (Fsp3) is 0.647. The minimum atomic E-state index is -0.190. The summed E-state index contributed by atoms with van der Waals surface area (Å²) < 4.78 is 13.2. The summed E-state index contributed by atoms with van der Waals surface area (Å²) in [6, 6.07) is 5.01.